The number of aryl methyl sites for hydroxylation is 2. The fraction of sp³-hybridized carbons (Fsp3) is 0.750. The van der Waals surface area contributed by atoms with E-state index in [1.807, 2.05) is 31.7 Å². The van der Waals surface area contributed by atoms with Gasteiger partial charge < -0.3 is 10.4 Å². The number of rotatable bonds is 7. The summed E-state index contributed by atoms with van der Waals surface area (Å²) < 4.78 is 1.90. The van der Waals surface area contributed by atoms with E-state index in [4.69, 9.17) is 11.6 Å². The summed E-state index contributed by atoms with van der Waals surface area (Å²) in [6.45, 7) is 7.74. The molecule has 1 atom stereocenters. The van der Waals surface area contributed by atoms with Crippen molar-refractivity contribution in [3.63, 3.8) is 0 Å². The first-order chi connectivity index (χ1) is 8.41. The molecule has 0 spiro atoms. The van der Waals surface area contributed by atoms with Crippen molar-refractivity contribution in [2.45, 2.75) is 39.5 Å². The monoisotopic (exact) mass is 291 g/mol. The molecule has 1 aromatic heterocycles. The Morgan fingerprint density at radius 2 is 2.22 bits per heavy atom. The quantitative estimate of drug-likeness (QED) is 0.807. The Morgan fingerprint density at radius 3 is 2.78 bits per heavy atom. The zero-order valence-electron chi connectivity index (χ0n) is 11.5. The molecule has 0 bridgehead atoms. The van der Waals surface area contributed by atoms with Crippen molar-refractivity contribution in [2.75, 3.05) is 18.6 Å². The molecule has 6 heteroatoms. The number of hydrogen-bond donors (Lipinski definition) is 2. The Balaban J connectivity index is 2.59. The van der Waals surface area contributed by atoms with E-state index in [2.05, 4.69) is 10.4 Å². The van der Waals surface area contributed by atoms with Crippen molar-refractivity contribution < 1.29 is 5.11 Å². The lowest BCUT2D eigenvalue weighted by Gasteiger charge is -2.22. The summed E-state index contributed by atoms with van der Waals surface area (Å²) in [6, 6.07) is 0. The molecule has 18 heavy (non-hydrogen) atoms. The highest BCUT2D eigenvalue weighted by molar-refractivity contribution is 7.98. The van der Waals surface area contributed by atoms with Crippen LogP contribution in [0.5, 0.6) is 0 Å². The summed E-state index contributed by atoms with van der Waals surface area (Å²) in [6.07, 6.45) is 1.99. The lowest BCUT2D eigenvalue weighted by Crippen LogP contribution is -2.40. The van der Waals surface area contributed by atoms with Gasteiger partial charge in [-0.1, -0.05) is 11.6 Å². The lowest BCUT2D eigenvalue weighted by molar-refractivity contribution is 0.0844. The fourth-order valence-electron chi connectivity index (χ4n) is 1.85. The Bertz CT molecular complexity index is 393. The molecule has 0 aromatic carbocycles. The van der Waals surface area contributed by atoms with Gasteiger partial charge in [0.25, 0.3) is 0 Å². The third-order valence-electron chi connectivity index (χ3n) is 2.71. The summed E-state index contributed by atoms with van der Waals surface area (Å²) in [5.74, 6) is 0.708. The highest BCUT2D eigenvalue weighted by Crippen LogP contribution is 2.20. The first-order valence-corrected chi connectivity index (χ1v) is 7.82. The molecule has 0 aliphatic heterocycles. The Kier molecular flexibility index (Phi) is 5.98. The molecule has 0 fully saturated rings. The topological polar surface area (TPSA) is 50.1 Å². The molecule has 4 nitrogen and oxygen atoms in total. The first-order valence-electron chi connectivity index (χ1n) is 6.05. The molecule has 0 aliphatic carbocycles. The van der Waals surface area contributed by atoms with Gasteiger partial charge in [-0.2, -0.15) is 16.9 Å². The van der Waals surface area contributed by atoms with Crippen LogP contribution in [0.3, 0.4) is 0 Å². The van der Waals surface area contributed by atoms with Crippen molar-refractivity contribution in [1.82, 2.24) is 15.1 Å². The van der Waals surface area contributed by atoms with E-state index < -0.39 is 5.60 Å². The van der Waals surface area contributed by atoms with Crippen LogP contribution in [0.25, 0.3) is 0 Å². The summed E-state index contributed by atoms with van der Waals surface area (Å²) >= 11 is 7.85. The van der Waals surface area contributed by atoms with Gasteiger partial charge in [0.15, 0.2) is 0 Å². The number of halogens is 1. The average molecular weight is 292 g/mol. The number of nitrogens with zero attached hydrogens (tertiary/aromatic N) is 2. The molecule has 0 radical (unpaired) electrons. The van der Waals surface area contributed by atoms with Crippen LogP contribution in [0.2, 0.25) is 5.02 Å². The maximum absolute atomic E-state index is 10.1. The largest absolute Gasteiger partial charge is 0.388 e. The molecular formula is C12H22ClN3OS. The van der Waals surface area contributed by atoms with Crippen molar-refractivity contribution in [3.8, 4) is 0 Å². The molecule has 0 saturated carbocycles. The van der Waals surface area contributed by atoms with Gasteiger partial charge >= 0.3 is 0 Å². The summed E-state index contributed by atoms with van der Waals surface area (Å²) in [4.78, 5) is 0. The van der Waals surface area contributed by atoms with Gasteiger partial charge in [0, 0.05) is 25.4 Å². The minimum atomic E-state index is -0.696. The summed E-state index contributed by atoms with van der Waals surface area (Å²) in [5.41, 5.74) is 1.14. The standard InChI is InChI=1S/C12H22ClN3OS/c1-5-16-10(11(13)9(2)15-16)6-14-7-12(3,17)8-18-4/h14,17H,5-8H2,1-4H3. The van der Waals surface area contributed by atoms with Gasteiger partial charge in [-0.25, -0.2) is 0 Å². The molecule has 1 aromatic rings. The third-order valence-corrected chi connectivity index (χ3v) is 4.11. The molecule has 1 rings (SSSR count). The minimum Gasteiger partial charge on any atom is -0.388 e. The maximum Gasteiger partial charge on any atom is 0.0860 e. The third kappa shape index (κ3) is 4.16. The van der Waals surface area contributed by atoms with Gasteiger partial charge in [-0.3, -0.25) is 4.68 Å². The smallest absolute Gasteiger partial charge is 0.0860 e. The van der Waals surface area contributed by atoms with Crippen molar-refractivity contribution in [2.24, 2.45) is 0 Å². The van der Waals surface area contributed by atoms with E-state index in [0.29, 0.717) is 23.9 Å². The molecule has 104 valence electrons. The van der Waals surface area contributed by atoms with Crippen molar-refractivity contribution in [1.29, 1.82) is 0 Å². The predicted octanol–water partition coefficient (Wildman–Crippen LogP) is 2.07. The zero-order valence-corrected chi connectivity index (χ0v) is 13.0. The van der Waals surface area contributed by atoms with E-state index in [1.54, 1.807) is 11.8 Å². The van der Waals surface area contributed by atoms with E-state index in [9.17, 15) is 5.11 Å². The molecule has 2 N–H and O–H groups in total. The molecule has 1 heterocycles. The van der Waals surface area contributed by atoms with Crippen LogP contribution in [-0.2, 0) is 13.1 Å². The van der Waals surface area contributed by atoms with Crippen molar-refractivity contribution in [3.05, 3.63) is 16.4 Å². The first kappa shape index (κ1) is 15.8. The lowest BCUT2D eigenvalue weighted by atomic mass is 10.1. The minimum absolute atomic E-state index is 0.540. The van der Waals surface area contributed by atoms with Crippen LogP contribution >= 0.6 is 23.4 Å². The summed E-state index contributed by atoms with van der Waals surface area (Å²) in [7, 11) is 0. The van der Waals surface area contributed by atoms with E-state index in [0.717, 1.165) is 17.9 Å². The highest BCUT2D eigenvalue weighted by Gasteiger charge is 2.20. The van der Waals surface area contributed by atoms with E-state index >= 15 is 0 Å². The van der Waals surface area contributed by atoms with Crippen LogP contribution in [0.4, 0.5) is 0 Å². The Morgan fingerprint density at radius 1 is 1.56 bits per heavy atom. The number of aliphatic hydroxyl groups is 1. The molecule has 0 aliphatic rings. The van der Waals surface area contributed by atoms with Gasteiger partial charge in [0.1, 0.15) is 0 Å². The fourth-order valence-corrected chi connectivity index (χ4v) is 2.78. The number of hydrogen-bond acceptors (Lipinski definition) is 4. The molecule has 0 amide bonds. The van der Waals surface area contributed by atoms with Gasteiger partial charge in [-0.15, -0.1) is 0 Å². The Labute approximate surface area is 118 Å². The highest BCUT2D eigenvalue weighted by atomic mass is 35.5. The van der Waals surface area contributed by atoms with Crippen LogP contribution in [0.1, 0.15) is 25.2 Å². The average Bonchev–Trinajstić information content (AvgIpc) is 2.56. The molecule has 0 saturated heterocycles. The Hall–Kier alpha value is -0.230. The zero-order chi connectivity index (χ0) is 13.8. The molecule has 1 unspecified atom stereocenters. The second kappa shape index (κ2) is 6.80. The van der Waals surface area contributed by atoms with Gasteiger partial charge in [-0.05, 0) is 27.0 Å². The van der Waals surface area contributed by atoms with Gasteiger partial charge in [0.2, 0.25) is 0 Å². The van der Waals surface area contributed by atoms with Gasteiger partial charge in [0.05, 0.1) is 22.0 Å². The molecular weight excluding hydrogens is 270 g/mol. The number of nitrogens with one attached hydrogen (secondary N) is 1. The van der Waals surface area contributed by atoms with Crippen molar-refractivity contribution >= 4 is 23.4 Å². The SMILES string of the molecule is CCn1nc(C)c(Cl)c1CNCC(C)(O)CSC. The second-order valence-electron chi connectivity index (χ2n) is 4.70. The number of aromatic nitrogens is 2. The van der Waals surface area contributed by atoms with Crippen LogP contribution in [0, 0.1) is 6.92 Å². The second-order valence-corrected chi connectivity index (χ2v) is 5.94. The number of thioether (sulfide) groups is 1. The van der Waals surface area contributed by atoms with Crippen LogP contribution < -0.4 is 5.32 Å². The predicted molar refractivity (Wildman–Crippen MR) is 78.4 cm³/mol. The van der Waals surface area contributed by atoms with Crippen LogP contribution in [-0.4, -0.2) is 39.0 Å². The maximum atomic E-state index is 10.1. The van der Waals surface area contributed by atoms with E-state index in [-0.39, 0.29) is 0 Å². The summed E-state index contributed by atoms with van der Waals surface area (Å²) in [5, 5.41) is 18.4. The van der Waals surface area contributed by atoms with Crippen LogP contribution in [0.15, 0.2) is 0 Å². The van der Waals surface area contributed by atoms with E-state index in [1.165, 1.54) is 0 Å². The normalized spacial score (nSPS) is 14.8.